The Hall–Kier alpha value is -2.73. The lowest BCUT2D eigenvalue weighted by atomic mass is 9.90. The fourth-order valence-electron chi connectivity index (χ4n) is 3.81. The molecule has 1 N–H and O–H groups in total. The molecule has 0 amide bonds. The van der Waals surface area contributed by atoms with E-state index in [1.165, 1.54) is 16.8 Å². The first-order valence-corrected chi connectivity index (χ1v) is 9.44. The number of aromatic nitrogens is 4. The zero-order valence-electron chi connectivity index (χ0n) is 15.6. The van der Waals surface area contributed by atoms with E-state index in [0.717, 1.165) is 43.9 Å². The van der Waals surface area contributed by atoms with Crippen LogP contribution in [-0.4, -0.2) is 40.4 Å². The first-order valence-electron chi connectivity index (χ1n) is 9.44. The summed E-state index contributed by atoms with van der Waals surface area (Å²) >= 11 is 0. The van der Waals surface area contributed by atoms with Crippen LogP contribution in [0.4, 0.5) is 5.82 Å². The molecule has 6 nitrogen and oxygen atoms in total. The second-order valence-corrected chi connectivity index (χ2v) is 7.03. The number of hydrogen-bond donors (Lipinski definition) is 1. The summed E-state index contributed by atoms with van der Waals surface area (Å²) < 4.78 is 5.18. The standard InChI is InChI=1S/C21H25N5O/c1-27-14-19-12-20(23-15-22-19)26-9-7-17(8-10-26)21-18(13-24-25-21)11-16-5-3-2-4-6-16/h2-6,12-13,15,17H,7-11,14H2,1H3,(H,24,25). The van der Waals surface area contributed by atoms with Gasteiger partial charge in [0, 0.05) is 44.3 Å². The number of rotatable bonds is 6. The summed E-state index contributed by atoms with van der Waals surface area (Å²) in [5, 5.41) is 7.60. The van der Waals surface area contributed by atoms with E-state index >= 15 is 0 Å². The minimum Gasteiger partial charge on any atom is -0.378 e. The SMILES string of the molecule is COCc1cc(N2CCC(c3[nH]ncc3Cc3ccccc3)CC2)ncn1. The van der Waals surface area contributed by atoms with Crippen molar-refractivity contribution in [3.8, 4) is 0 Å². The first-order chi connectivity index (χ1) is 13.3. The van der Waals surface area contributed by atoms with Gasteiger partial charge in [-0.05, 0) is 24.0 Å². The molecule has 1 aliphatic heterocycles. The molecule has 140 valence electrons. The molecule has 0 unspecified atom stereocenters. The number of hydrogen-bond acceptors (Lipinski definition) is 5. The van der Waals surface area contributed by atoms with Gasteiger partial charge in [0.05, 0.1) is 18.5 Å². The largest absolute Gasteiger partial charge is 0.378 e. The molecule has 3 aromatic rings. The average molecular weight is 363 g/mol. The molecule has 1 aromatic carbocycles. The molecule has 27 heavy (non-hydrogen) atoms. The van der Waals surface area contributed by atoms with Gasteiger partial charge in [-0.2, -0.15) is 5.10 Å². The van der Waals surface area contributed by atoms with Crippen LogP contribution in [0.2, 0.25) is 0 Å². The van der Waals surface area contributed by atoms with Gasteiger partial charge in [-0.25, -0.2) is 9.97 Å². The Bertz CT molecular complexity index is 856. The lowest BCUT2D eigenvalue weighted by Crippen LogP contribution is -2.34. The van der Waals surface area contributed by atoms with Crippen molar-refractivity contribution >= 4 is 5.82 Å². The third-order valence-electron chi connectivity index (χ3n) is 5.22. The predicted molar refractivity (Wildman–Crippen MR) is 105 cm³/mol. The first kappa shape index (κ1) is 17.7. The molecule has 0 aliphatic carbocycles. The molecule has 3 heterocycles. The van der Waals surface area contributed by atoms with Crippen LogP contribution in [0.15, 0.2) is 48.9 Å². The molecule has 2 aromatic heterocycles. The Balaban J connectivity index is 1.41. The number of piperidine rings is 1. The topological polar surface area (TPSA) is 66.9 Å². The van der Waals surface area contributed by atoms with Crippen LogP contribution in [0.5, 0.6) is 0 Å². The molecule has 0 spiro atoms. The molecule has 1 aliphatic rings. The number of aromatic amines is 1. The summed E-state index contributed by atoms with van der Waals surface area (Å²) in [6.07, 6.45) is 6.72. The number of nitrogens with zero attached hydrogens (tertiary/aromatic N) is 4. The molecule has 4 rings (SSSR count). The minimum atomic E-state index is 0.516. The third-order valence-corrected chi connectivity index (χ3v) is 5.22. The van der Waals surface area contributed by atoms with Gasteiger partial charge in [0.15, 0.2) is 0 Å². The Labute approximate surface area is 159 Å². The van der Waals surface area contributed by atoms with Crippen molar-refractivity contribution in [1.29, 1.82) is 0 Å². The van der Waals surface area contributed by atoms with Crippen LogP contribution in [0.25, 0.3) is 0 Å². The molecular formula is C21H25N5O. The van der Waals surface area contributed by atoms with Gasteiger partial charge in [0.2, 0.25) is 0 Å². The van der Waals surface area contributed by atoms with E-state index in [0.29, 0.717) is 12.5 Å². The zero-order valence-corrected chi connectivity index (χ0v) is 15.6. The number of ether oxygens (including phenoxy) is 1. The van der Waals surface area contributed by atoms with Gasteiger partial charge in [-0.3, -0.25) is 5.10 Å². The van der Waals surface area contributed by atoms with Gasteiger partial charge in [0.1, 0.15) is 12.1 Å². The van der Waals surface area contributed by atoms with E-state index in [9.17, 15) is 0 Å². The quantitative estimate of drug-likeness (QED) is 0.728. The molecule has 0 atom stereocenters. The van der Waals surface area contributed by atoms with Gasteiger partial charge in [-0.1, -0.05) is 30.3 Å². The van der Waals surface area contributed by atoms with Crippen molar-refractivity contribution in [2.24, 2.45) is 0 Å². The maximum Gasteiger partial charge on any atom is 0.132 e. The summed E-state index contributed by atoms with van der Waals surface area (Å²) in [5.74, 6) is 1.51. The van der Waals surface area contributed by atoms with E-state index in [1.807, 2.05) is 12.3 Å². The van der Waals surface area contributed by atoms with Crippen LogP contribution in [-0.2, 0) is 17.8 Å². The van der Waals surface area contributed by atoms with Crippen molar-refractivity contribution in [3.63, 3.8) is 0 Å². The number of methoxy groups -OCH3 is 1. The normalized spacial score (nSPS) is 15.2. The Morgan fingerprint density at radius 2 is 1.96 bits per heavy atom. The van der Waals surface area contributed by atoms with E-state index in [2.05, 4.69) is 55.4 Å². The van der Waals surface area contributed by atoms with Crippen LogP contribution in [0.1, 0.15) is 41.3 Å². The highest BCUT2D eigenvalue weighted by Gasteiger charge is 2.24. The van der Waals surface area contributed by atoms with Crippen LogP contribution < -0.4 is 4.90 Å². The second kappa shape index (κ2) is 8.31. The number of H-pyrrole nitrogens is 1. The predicted octanol–water partition coefficient (Wildman–Crippen LogP) is 3.32. The van der Waals surface area contributed by atoms with E-state index in [-0.39, 0.29) is 0 Å². The monoisotopic (exact) mass is 363 g/mol. The minimum absolute atomic E-state index is 0.516. The Morgan fingerprint density at radius 1 is 1.15 bits per heavy atom. The summed E-state index contributed by atoms with van der Waals surface area (Å²) in [5.41, 5.74) is 4.85. The van der Waals surface area contributed by atoms with Gasteiger partial charge in [0.25, 0.3) is 0 Å². The Morgan fingerprint density at radius 3 is 2.74 bits per heavy atom. The molecule has 1 saturated heterocycles. The zero-order chi connectivity index (χ0) is 18.5. The second-order valence-electron chi connectivity index (χ2n) is 7.03. The highest BCUT2D eigenvalue weighted by atomic mass is 16.5. The third kappa shape index (κ3) is 4.17. The fourth-order valence-corrected chi connectivity index (χ4v) is 3.81. The Kier molecular flexibility index (Phi) is 5.44. The summed E-state index contributed by atoms with van der Waals surface area (Å²) in [6, 6.07) is 12.6. The number of benzene rings is 1. The molecule has 6 heteroatoms. The molecule has 0 radical (unpaired) electrons. The maximum atomic E-state index is 5.18. The van der Waals surface area contributed by atoms with Gasteiger partial charge >= 0.3 is 0 Å². The summed E-state index contributed by atoms with van der Waals surface area (Å²) in [7, 11) is 1.69. The summed E-state index contributed by atoms with van der Waals surface area (Å²) in [4.78, 5) is 11.0. The van der Waals surface area contributed by atoms with Gasteiger partial charge in [-0.15, -0.1) is 0 Å². The number of nitrogens with one attached hydrogen (secondary N) is 1. The van der Waals surface area contributed by atoms with Crippen molar-refractivity contribution in [3.05, 3.63) is 71.4 Å². The molecule has 0 saturated carbocycles. The summed E-state index contributed by atoms with van der Waals surface area (Å²) in [6.45, 7) is 2.48. The average Bonchev–Trinajstić information content (AvgIpc) is 3.17. The van der Waals surface area contributed by atoms with E-state index < -0.39 is 0 Å². The smallest absolute Gasteiger partial charge is 0.132 e. The highest BCUT2D eigenvalue weighted by molar-refractivity contribution is 5.40. The lowest BCUT2D eigenvalue weighted by Gasteiger charge is -2.32. The molecule has 0 bridgehead atoms. The van der Waals surface area contributed by atoms with Crippen molar-refractivity contribution in [2.45, 2.75) is 31.8 Å². The van der Waals surface area contributed by atoms with Crippen LogP contribution >= 0.6 is 0 Å². The van der Waals surface area contributed by atoms with E-state index in [1.54, 1.807) is 13.4 Å². The maximum absolute atomic E-state index is 5.18. The van der Waals surface area contributed by atoms with Crippen molar-refractivity contribution in [2.75, 3.05) is 25.1 Å². The van der Waals surface area contributed by atoms with Crippen LogP contribution in [0, 0.1) is 0 Å². The van der Waals surface area contributed by atoms with Crippen molar-refractivity contribution < 1.29 is 4.74 Å². The highest BCUT2D eigenvalue weighted by Crippen LogP contribution is 2.31. The van der Waals surface area contributed by atoms with Crippen molar-refractivity contribution in [1.82, 2.24) is 20.2 Å². The fraction of sp³-hybridized carbons (Fsp3) is 0.381. The lowest BCUT2D eigenvalue weighted by molar-refractivity contribution is 0.181. The molecular weight excluding hydrogens is 338 g/mol. The molecule has 1 fully saturated rings. The van der Waals surface area contributed by atoms with E-state index in [4.69, 9.17) is 4.74 Å². The van der Waals surface area contributed by atoms with Gasteiger partial charge < -0.3 is 9.64 Å². The number of anilines is 1. The van der Waals surface area contributed by atoms with Crippen LogP contribution in [0.3, 0.4) is 0 Å².